The largest absolute Gasteiger partial charge is 0.779 e. The van der Waals surface area contributed by atoms with E-state index in [0.29, 0.717) is 0 Å². The van der Waals surface area contributed by atoms with Gasteiger partial charge in [0, 0.05) is 31.1 Å². The smallest absolute Gasteiger partial charge is 0.0765 e. The molecule has 1 heterocycles. The molecule has 0 aliphatic carbocycles. The van der Waals surface area contributed by atoms with Gasteiger partial charge in [0.1, 0.15) is 0 Å². The van der Waals surface area contributed by atoms with E-state index in [9.17, 15) is 0 Å². The molecule has 3 heteroatoms. The first-order valence-electron chi connectivity index (χ1n) is 4.80. The molecule has 0 radical (unpaired) electrons. The molecule has 1 aromatic heterocycles. The minimum absolute atomic E-state index is 0. The summed E-state index contributed by atoms with van der Waals surface area (Å²) >= 11 is 5.34. The van der Waals surface area contributed by atoms with Gasteiger partial charge in [-0.3, -0.25) is 4.98 Å². The Morgan fingerprint density at radius 2 is 1.62 bits per heavy atom. The average molecular weight is 276 g/mol. The maximum atomic E-state index is 5.34. The Labute approximate surface area is 112 Å². The van der Waals surface area contributed by atoms with E-state index in [1.807, 2.05) is 24.4 Å². The van der Waals surface area contributed by atoms with Gasteiger partial charge >= 0.3 is 0 Å². The van der Waals surface area contributed by atoms with Crippen molar-refractivity contribution in [1.29, 1.82) is 0 Å². The number of fused-ring (bicyclic) bond motifs is 3. The van der Waals surface area contributed by atoms with E-state index >= 15 is 0 Å². The maximum Gasteiger partial charge on any atom is 0.0765 e. The Morgan fingerprint density at radius 1 is 0.875 bits per heavy atom. The van der Waals surface area contributed by atoms with Gasteiger partial charge in [0.25, 0.3) is 0 Å². The normalized spacial score (nSPS) is 10.2. The van der Waals surface area contributed by atoms with Gasteiger partial charge in [-0.15, -0.1) is 0 Å². The second kappa shape index (κ2) is 4.44. The second-order valence-electron chi connectivity index (χ2n) is 3.49. The first-order valence-corrected chi connectivity index (χ1v) is 5.20. The van der Waals surface area contributed by atoms with E-state index in [-0.39, 0.29) is 19.5 Å². The third-order valence-corrected chi connectivity index (χ3v) is 2.92. The van der Waals surface area contributed by atoms with Crippen LogP contribution in [0.4, 0.5) is 0 Å². The predicted molar refractivity (Wildman–Crippen MR) is 64.9 cm³/mol. The monoisotopic (exact) mass is 274 g/mol. The zero-order valence-electron chi connectivity index (χ0n) is 8.68. The van der Waals surface area contributed by atoms with Crippen molar-refractivity contribution in [1.82, 2.24) is 4.98 Å². The van der Waals surface area contributed by atoms with Gasteiger partial charge in [0.05, 0.1) is 5.52 Å². The average Bonchev–Trinajstić information content (AvgIpc) is 2.29. The minimum Gasteiger partial charge on any atom is -0.779 e. The number of benzene rings is 2. The van der Waals surface area contributed by atoms with Crippen molar-refractivity contribution in [3.8, 4) is 0 Å². The molecule has 0 aliphatic heterocycles. The molecule has 3 rings (SSSR count). The van der Waals surface area contributed by atoms with Crippen LogP contribution in [0.15, 0.2) is 53.6 Å². The maximum absolute atomic E-state index is 5.34. The first kappa shape index (κ1) is 11.4. The summed E-state index contributed by atoms with van der Waals surface area (Å²) < 4.78 is 0. The number of aromatic nitrogens is 1. The molecule has 0 atom stereocenters. The number of nitrogens with zero attached hydrogens (tertiary/aromatic N) is 1. The first-order chi connectivity index (χ1) is 7.36. The predicted octanol–water partition coefficient (Wildman–Crippen LogP) is 3.29. The van der Waals surface area contributed by atoms with Crippen LogP contribution in [0.3, 0.4) is 0 Å². The zero-order chi connectivity index (χ0) is 10.3. The van der Waals surface area contributed by atoms with Crippen LogP contribution in [-0.2, 0) is 32.1 Å². The van der Waals surface area contributed by atoms with Gasteiger partial charge in [0.15, 0.2) is 0 Å². The standard InChI is InChI=1S/C13H9NS.Zn/c15-11-5-1-3-9-6-7-10-4-2-8-14-13(10)12(9)11;/h1-8,15H;/p-1. The van der Waals surface area contributed by atoms with E-state index in [2.05, 4.69) is 29.2 Å². The van der Waals surface area contributed by atoms with Gasteiger partial charge in [0.2, 0.25) is 0 Å². The number of rotatable bonds is 0. The van der Waals surface area contributed by atoms with Crippen molar-refractivity contribution in [2.75, 3.05) is 0 Å². The minimum atomic E-state index is 0. The fraction of sp³-hybridized carbons (Fsp3) is 0. The zero-order valence-corrected chi connectivity index (χ0v) is 12.5. The number of pyridine rings is 1. The molecule has 0 spiro atoms. The third kappa shape index (κ3) is 1.70. The topological polar surface area (TPSA) is 12.9 Å². The Kier molecular flexibility index (Phi) is 3.18. The van der Waals surface area contributed by atoms with Crippen molar-refractivity contribution >= 4 is 34.3 Å². The van der Waals surface area contributed by atoms with Crippen LogP contribution in [0.5, 0.6) is 0 Å². The summed E-state index contributed by atoms with van der Waals surface area (Å²) in [6.07, 6.45) is 1.81. The van der Waals surface area contributed by atoms with Crippen LogP contribution in [0.25, 0.3) is 21.7 Å². The molecule has 16 heavy (non-hydrogen) atoms. The van der Waals surface area contributed by atoms with E-state index in [4.69, 9.17) is 12.6 Å². The second-order valence-corrected chi connectivity index (χ2v) is 3.93. The molecule has 0 unspecified atom stereocenters. The van der Waals surface area contributed by atoms with E-state index in [0.717, 1.165) is 26.6 Å². The fourth-order valence-electron chi connectivity index (χ4n) is 1.88. The molecule has 0 fully saturated rings. The van der Waals surface area contributed by atoms with Crippen LogP contribution in [-0.4, -0.2) is 4.98 Å². The van der Waals surface area contributed by atoms with Crippen molar-refractivity contribution in [2.24, 2.45) is 0 Å². The number of hydrogen-bond acceptors (Lipinski definition) is 2. The molecule has 0 aliphatic rings. The van der Waals surface area contributed by atoms with E-state index in [1.54, 1.807) is 0 Å². The van der Waals surface area contributed by atoms with Crippen LogP contribution >= 0.6 is 0 Å². The molecule has 1 nitrogen and oxygen atoms in total. The molecule has 74 valence electrons. The summed E-state index contributed by atoms with van der Waals surface area (Å²) in [6, 6.07) is 14.2. The summed E-state index contributed by atoms with van der Waals surface area (Å²) in [6.45, 7) is 0. The fourth-order valence-corrected chi connectivity index (χ4v) is 2.17. The van der Waals surface area contributed by atoms with Crippen molar-refractivity contribution in [3.05, 3.63) is 48.7 Å². The number of hydrogen-bond donors (Lipinski definition) is 0. The van der Waals surface area contributed by atoms with Crippen LogP contribution in [0.2, 0.25) is 0 Å². The van der Waals surface area contributed by atoms with Gasteiger partial charge < -0.3 is 12.6 Å². The Bertz CT molecular complexity index is 652. The molecular weight excluding hydrogens is 268 g/mol. The summed E-state index contributed by atoms with van der Waals surface area (Å²) in [5.41, 5.74) is 1.00. The summed E-state index contributed by atoms with van der Waals surface area (Å²) in [4.78, 5) is 5.28. The molecule has 0 saturated heterocycles. The molecule has 0 saturated carbocycles. The quantitative estimate of drug-likeness (QED) is 0.355. The Morgan fingerprint density at radius 3 is 2.50 bits per heavy atom. The summed E-state index contributed by atoms with van der Waals surface area (Å²) in [5, 5.41) is 3.39. The molecule has 0 bridgehead atoms. The van der Waals surface area contributed by atoms with Crippen LogP contribution < -0.4 is 0 Å². The van der Waals surface area contributed by atoms with Crippen molar-refractivity contribution < 1.29 is 19.5 Å². The summed E-state index contributed by atoms with van der Waals surface area (Å²) in [5.74, 6) is 0. The summed E-state index contributed by atoms with van der Waals surface area (Å²) in [7, 11) is 0. The van der Waals surface area contributed by atoms with E-state index < -0.39 is 0 Å². The third-order valence-electron chi connectivity index (χ3n) is 2.58. The van der Waals surface area contributed by atoms with Crippen LogP contribution in [0, 0.1) is 0 Å². The van der Waals surface area contributed by atoms with Gasteiger partial charge in [-0.1, -0.05) is 36.4 Å². The van der Waals surface area contributed by atoms with Gasteiger partial charge in [-0.05, 0) is 16.8 Å². The van der Waals surface area contributed by atoms with Gasteiger partial charge in [-0.25, -0.2) is 0 Å². The molecule has 0 N–H and O–H groups in total. The van der Waals surface area contributed by atoms with Crippen molar-refractivity contribution in [3.63, 3.8) is 0 Å². The van der Waals surface area contributed by atoms with E-state index in [1.165, 1.54) is 0 Å². The molecule has 0 amide bonds. The van der Waals surface area contributed by atoms with Gasteiger partial charge in [-0.2, -0.15) is 4.90 Å². The van der Waals surface area contributed by atoms with Crippen LogP contribution in [0.1, 0.15) is 0 Å². The molecule has 2 aromatic carbocycles. The molecular formula is C13H8NSZn-. The Balaban J connectivity index is 0.000000963. The van der Waals surface area contributed by atoms with Crippen molar-refractivity contribution in [2.45, 2.75) is 4.90 Å². The molecule has 3 aromatic rings. The SMILES string of the molecule is [S-]c1cccc2ccc3cccnc3c12.[Zn]. The Hall–Kier alpha value is -1.05.